The van der Waals surface area contributed by atoms with E-state index < -0.39 is 5.91 Å². The van der Waals surface area contributed by atoms with Crippen molar-refractivity contribution in [1.29, 1.82) is 0 Å². The van der Waals surface area contributed by atoms with Crippen LogP contribution in [0.4, 0.5) is 5.82 Å². The summed E-state index contributed by atoms with van der Waals surface area (Å²) in [6.45, 7) is 5.29. The molecule has 0 aliphatic carbocycles. The van der Waals surface area contributed by atoms with Gasteiger partial charge in [-0.05, 0) is 31.5 Å². The molecule has 3 N–H and O–H groups in total. The van der Waals surface area contributed by atoms with Gasteiger partial charge in [0.25, 0.3) is 5.91 Å². The zero-order valence-electron chi connectivity index (χ0n) is 14.4. The molecule has 0 spiro atoms. The Hall–Kier alpha value is -3.15. The summed E-state index contributed by atoms with van der Waals surface area (Å²) in [5.74, 6) is -0.00609. The molecule has 2 aromatic heterocycles. The molecule has 0 aliphatic heterocycles. The molecule has 6 nitrogen and oxygen atoms in total. The molecule has 6 heteroatoms. The van der Waals surface area contributed by atoms with Gasteiger partial charge >= 0.3 is 0 Å². The Morgan fingerprint density at radius 1 is 1.16 bits per heavy atom. The Morgan fingerprint density at radius 2 is 1.92 bits per heavy atom. The second kappa shape index (κ2) is 7.17. The number of hydrogen-bond acceptors (Lipinski definition) is 4. The highest BCUT2D eigenvalue weighted by Crippen LogP contribution is 2.18. The molecule has 0 saturated carbocycles. The van der Waals surface area contributed by atoms with Crippen molar-refractivity contribution in [2.75, 3.05) is 5.32 Å². The van der Waals surface area contributed by atoms with Crippen LogP contribution in [0.1, 0.15) is 32.9 Å². The lowest BCUT2D eigenvalue weighted by molar-refractivity contribution is 0.100. The van der Waals surface area contributed by atoms with Crippen molar-refractivity contribution in [3.05, 3.63) is 76.7 Å². The minimum absolute atomic E-state index is 0.384. The van der Waals surface area contributed by atoms with E-state index in [9.17, 15) is 4.79 Å². The fraction of sp³-hybridized carbons (Fsp3) is 0.211. The zero-order valence-corrected chi connectivity index (χ0v) is 14.4. The highest BCUT2D eigenvalue weighted by Gasteiger charge is 2.14. The van der Waals surface area contributed by atoms with Gasteiger partial charge in [-0.3, -0.25) is 9.48 Å². The van der Waals surface area contributed by atoms with Crippen molar-refractivity contribution in [2.45, 2.75) is 26.9 Å². The smallest absolute Gasteiger partial charge is 0.252 e. The SMILES string of the molecule is Cc1nn(Cc2ccccc2)c(C)c1CNc1ncccc1C(N)=O. The largest absolute Gasteiger partial charge is 0.365 e. The summed E-state index contributed by atoms with van der Waals surface area (Å²) in [6, 6.07) is 13.6. The molecule has 1 amide bonds. The van der Waals surface area contributed by atoms with E-state index in [0.717, 1.165) is 23.5 Å². The molecule has 2 heterocycles. The average Bonchev–Trinajstić information content (AvgIpc) is 2.87. The maximum Gasteiger partial charge on any atom is 0.252 e. The van der Waals surface area contributed by atoms with Gasteiger partial charge < -0.3 is 11.1 Å². The highest BCUT2D eigenvalue weighted by molar-refractivity contribution is 5.97. The lowest BCUT2D eigenvalue weighted by Crippen LogP contribution is -2.15. The van der Waals surface area contributed by atoms with Crippen molar-refractivity contribution in [2.24, 2.45) is 5.73 Å². The monoisotopic (exact) mass is 335 g/mol. The van der Waals surface area contributed by atoms with Crippen LogP contribution in [-0.4, -0.2) is 20.7 Å². The van der Waals surface area contributed by atoms with Crippen molar-refractivity contribution < 1.29 is 4.79 Å². The van der Waals surface area contributed by atoms with E-state index in [0.29, 0.717) is 17.9 Å². The third-order valence-corrected chi connectivity index (χ3v) is 4.21. The van der Waals surface area contributed by atoms with E-state index in [1.54, 1.807) is 18.3 Å². The quantitative estimate of drug-likeness (QED) is 0.725. The van der Waals surface area contributed by atoms with Gasteiger partial charge in [0.2, 0.25) is 0 Å². The van der Waals surface area contributed by atoms with Crippen molar-refractivity contribution in [3.8, 4) is 0 Å². The summed E-state index contributed by atoms with van der Waals surface area (Å²) in [6.07, 6.45) is 1.63. The minimum Gasteiger partial charge on any atom is -0.365 e. The van der Waals surface area contributed by atoms with Gasteiger partial charge in [-0.25, -0.2) is 4.98 Å². The molecule has 3 aromatic rings. The summed E-state index contributed by atoms with van der Waals surface area (Å²) >= 11 is 0. The number of aryl methyl sites for hydroxylation is 1. The van der Waals surface area contributed by atoms with Gasteiger partial charge in [0.05, 0.1) is 17.8 Å². The van der Waals surface area contributed by atoms with E-state index in [1.165, 1.54) is 5.56 Å². The van der Waals surface area contributed by atoms with Gasteiger partial charge in [-0.1, -0.05) is 30.3 Å². The molecule has 0 aliphatic rings. The Kier molecular flexibility index (Phi) is 4.79. The van der Waals surface area contributed by atoms with Crippen LogP contribution >= 0.6 is 0 Å². The summed E-state index contributed by atoms with van der Waals surface area (Å²) in [7, 11) is 0. The van der Waals surface area contributed by atoms with E-state index in [1.807, 2.05) is 36.7 Å². The maximum absolute atomic E-state index is 11.5. The molecule has 0 radical (unpaired) electrons. The zero-order chi connectivity index (χ0) is 17.8. The number of benzene rings is 1. The van der Waals surface area contributed by atoms with Gasteiger partial charge in [0.15, 0.2) is 0 Å². The van der Waals surface area contributed by atoms with E-state index in [4.69, 9.17) is 5.73 Å². The van der Waals surface area contributed by atoms with Crippen LogP contribution < -0.4 is 11.1 Å². The van der Waals surface area contributed by atoms with Crippen molar-refractivity contribution in [3.63, 3.8) is 0 Å². The normalized spacial score (nSPS) is 10.6. The number of amides is 1. The van der Waals surface area contributed by atoms with Gasteiger partial charge in [-0.2, -0.15) is 5.10 Å². The number of anilines is 1. The van der Waals surface area contributed by atoms with Crippen molar-refractivity contribution >= 4 is 11.7 Å². The van der Waals surface area contributed by atoms with E-state index >= 15 is 0 Å². The molecule has 128 valence electrons. The van der Waals surface area contributed by atoms with Crippen LogP contribution in [0, 0.1) is 13.8 Å². The van der Waals surface area contributed by atoms with E-state index in [2.05, 4.69) is 27.5 Å². The number of carbonyl (C=O) groups excluding carboxylic acids is 1. The first-order valence-corrected chi connectivity index (χ1v) is 8.11. The number of primary amides is 1. The Bertz CT molecular complexity index is 886. The fourth-order valence-corrected chi connectivity index (χ4v) is 2.82. The third kappa shape index (κ3) is 3.68. The lowest BCUT2D eigenvalue weighted by atomic mass is 10.1. The van der Waals surface area contributed by atoms with Crippen LogP contribution in [0.5, 0.6) is 0 Å². The Balaban J connectivity index is 1.79. The predicted octanol–water partition coefficient (Wildman–Crippen LogP) is 2.65. The number of carbonyl (C=O) groups is 1. The number of rotatable bonds is 6. The average molecular weight is 335 g/mol. The molecule has 0 fully saturated rings. The molecule has 25 heavy (non-hydrogen) atoms. The molecule has 0 bridgehead atoms. The maximum atomic E-state index is 11.5. The van der Waals surface area contributed by atoms with Crippen LogP contribution in [0.2, 0.25) is 0 Å². The second-order valence-corrected chi connectivity index (χ2v) is 5.91. The molecule has 0 atom stereocenters. The second-order valence-electron chi connectivity index (χ2n) is 5.91. The van der Waals surface area contributed by atoms with Crippen LogP contribution in [0.3, 0.4) is 0 Å². The first kappa shape index (κ1) is 16.7. The number of hydrogen-bond donors (Lipinski definition) is 2. The topological polar surface area (TPSA) is 85.8 Å². The standard InChI is InChI=1S/C19H21N5O/c1-13-17(11-22-19-16(18(20)25)9-6-10-21-19)14(2)24(23-13)12-15-7-4-3-5-8-15/h3-10H,11-12H2,1-2H3,(H2,20,25)(H,21,22). The summed E-state index contributed by atoms with van der Waals surface area (Å²) in [4.78, 5) is 15.7. The van der Waals surface area contributed by atoms with Gasteiger partial charge in [0, 0.05) is 24.0 Å². The fourth-order valence-electron chi connectivity index (χ4n) is 2.82. The number of nitrogens with zero attached hydrogens (tertiary/aromatic N) is 3. The number of nitrogens with one attached hydrogen (secondary N) is 1. The van der Waals surface area contributed by atoms with Crippen LogP contribution in [0.15, 0.2) is 48.7 Å². The molecular weight excluding hydrogens is 314 g/mol. The summed E-state index contributed by atoms with van der Waals surface area (Å²) in [5, 5.41) is 7.84. The van der Waals surface area contributed by atoms with E-state index in [-0.39, 0.29) is 0 Å². The molecule has 0 unspecified atom stereocenters. The highest BCUT2D eigenvalue weighted by atomic mass is 16.1. The predicted molar refractivity (Wildman–Crippen MR) is 97.3 cm³/mol. The number of pyridine rings is 1. The molecule has 1 aromatic carbocycles. The van der Waals surface area contributed by atoms with Crippen LogP contribution in [-0.2, 0) is 13.1 Å². The van der Waals surface area contributed by atoms with Crippen molar-refractivity contribution in [1.82, 2.24) is 14.8 Å². The van der Waals surface area contributed by atoms with Gasteiger partial charge in [0.1, 0.15) is 5.82 Å². The minimum atomic E-state index is -0.496. The van der Waals surface area contributed by atoms with Gasteiger partial charge in [-0.15, -0.1) is 0 Å². The first-order chi connectivity index (χ1) is 12.1. The molecule has 3 rings (SSSR count). The number of aromatic nitrogens is 3. The first-order valence-electron chi connectivity index (χ1n) is 8.11. The number of nitrogens with two attached hydrogens (primary N) is 1. The third-order valence-electron chi connectivity index (χ3n) is 4.21. The molecule has 0 saturated heterocycles. The molecular formula is C19H21N5O. The lowest BCUT2D eigenvalue weighted by Gasteiger charge is -2.09. The summed E-state index contributed by atoms with van der Waals surface area (Å²) in [5.41, 5.74) is 10.1. The summed E-state index contributed by atoms with van der Waals surface area (Å²) < 4.78 is 2.00. The Labute approximate surface area is 146 Å². The van der Waals surface area contributed by atoms with Crippen LogP contribution in [0.25, 0.3) is 0 Å². The Morgan fingerprint density at radius 3 is 2.64 bits per heavy atom.